The lowest BCUT2D eigenvalue weighted by Crippen LogP contribution is -2.57. The van der Waals surface area contributed by atoms with Gasteiger partial charge in [0.2, 0.25) is 8.32 Å². The first-order valence-corrected chi connectivity index (χ1v) is 20.5. The second kappa shape index (κ2) is 8.59. The van der Waals surface area contributed by atoms with Crippen LogP contribution >= 0.6 is 0 Å². The van der Waals surface area contributed by atoms with Gasteiger partial charge in [0.15, 0.2) is 14.1 Å². The maximum atomic E-state index is 12.3. The van der Waals surface area contributed by atoms with Crippen molar-refractivity contribution in [2.24, 2.45) is 34.5 Å². The molecule has 0 aromatic carbocycles. The molecule has 0 radical (unpaired) electrons. The van der Waals surface area contributed by atoms with Gasteiger partial charge in [0.05, 0.1) is 11.9 Å². The number of carbonyl (C=O) groups is 1. The fourth-order valence-corrected chi connectivity index (χ4v) is 10.4. The first-order valence-electron chi connectivity index (χ1n) is 13.6. The summed E-state index contributed by atoms with van der Waals surface area (Å²) >= 11 is 0. The second-order valence-electron chi connectivity index (χ2n) is 14.0. The Bertz CT molecular complexity index is 934. The van der Waals surface area contributed by atoms with Crippen molar-refractivity contribution in [2.75, 3.05) is 0 Å². The Hall–Kier alpha value is -0.916. The number of fused-ring (bicyclic) bond motifs is 5. The lowest BCUT2D eigenvalue weighted by Gasteiger charge is -2.60. The molecule has 0 aromatic rings. The van der Waals surface area contributed by atoms with E-state index in [1.807, 2.05) is 12.2 Å². The summed E-state index contributed by atoms with van der Waals surface area (Å²) in [6, 6.07) is 0. The molecule has 0 bridgehead atoms. The van der Waals surface area contributed by atoms with Crippen LogP contribution in [0.15, 0.2) is 35.1 Å². The number of allylic oxidation sites excluding steroid dienone is 6. The van der Waals surface area contributed by atoms with Crippen molar-refractivity contribution >= 4 is 22.4 Å². The van der Waals surface area contributed by atoms with Gasteiger partial charge in [-0.1, -0.05) is 39.3 Å². The van der Waals surface area contributed by atoms with Crippen molar-refractivity contribution in [1.82, 2.24) is 0 Å². The average Bonchev–Trinajstić information content (AvgIpc) is 2.94. The van der Waals surface area contributed by atoms with Gasteiger partial charge in [0, 0.05) is 11.8 Å². The Morgan fingerprint density at radius 2 is 1.79 bits per heavy atom. The molecule has 0 amide bonds. The van der Waals surface area contributed by atoms with Crippen LogP contribution in [0.3, 0.4) is 0 Å². The molecule has 0 aliphatic heterocycles. The van der Waals surface area contributed by atoms with Crippen molar-refractivity contribution in [1.29, 1.82) is 0 Å². The molecule has 34 heavy (non-hydrogen) atoms. The largest absolute Gasteiger partial charge is 0.547 e. The van der Waals surface area contributed by atoms with Crippen molar-refractivity contribution in [2.45, 2.75) is 105 Å². The molecule has 3 nitrogen and oxygen atoms in total. The molecule has 5 heteroatoms. The Labute approximate surface area is 210 Å². The Kier molecular flexibility index (Phi) is 6.61. The van der Waals surface area contributed by atoms with Crippen LogP contribution < -0.4 is 0 Å². The first kappa shape index (κ1) is 26.2. The van der Waals surface area contributed by atoms with E-state index in [0.717, 1.165) is 19.3 Å². The fraction of sp³-hybridized carbons (Fsp3) is 0.759. The highest BCUT2D eigenvalue weighted by atomic mass is 28.4. The normalized spacial score (nSPS) is 41.4. The minimum atomic E-state index is -1.76. The van der Waals surface area contributed by atoms with Crippen LogP contribution in [-0.2, 0) is 13.6 Å². The van der Waals surface area contributed by atoms with Gasteiger partial charge < -0.3 is 8.85 Å². The molecule has 0 saturated heterocycles. The Balaban J connectivity index is 1.83. The Morgan fingerprint density at radius 3 is 2.38 bits per heavy atom. The van der Waals surface area contributed by atoms with E-state index in [4.69, 9.17) is 8.85 Å². The van der Waals surface area contributed by atoms with Gasteiger partial charge >= 0.3 is 0 Å². The summed E-state index contributed by atoms with van der Waals surface area (Å²) < 4.78 is 13.9. The second-order valence-corrected chi connectivity index (χ2v) is 22.8. The molecule has 4 rings (SSSR count). The fourth-order valence-electron chi connectivity index (χ4n) is 8.29. The predicted molar refractivity (Wildman–Crippen MR) is 147 cm³/mol. The van der Waals surface area contributed by atoms with Crippen LogP contribution in [-0.4, -0.2) is 28.5 Å². The van der Waals surface area contributed by atoms with E-state index in [9.17, 15) is 4.79 Å². The molecule has 190 valence electrons. The zero-order chi connectivity index (χ0) is 25.3. The van der Waals surface area contributed by atoms with E-state index in [1.165, 1.54) is 24.2 Å². The summed E-state index contributed by atoms with van der Waals surface area (Å²) in [4.78, 5) is 12.3. The first-order chi connectivity index (χ1) is 15.6. The maximum Gasteiger partial charge on any atom is 0.241 e. The minimum Gasteiger partial charge on any atom is -0.547 e. The van der Waals surface area contributed by atoms with Gasteiger partial charge in [-0.3, -0.25) is 4.79 Å². The van der Waals surface area contributed by atoms with Crippen LogP contribution in [0, 0.1) is 34.5 Å². The minimum absolute atomic E-state index is 0.0689. The summed E-state index contributed by atoms with van der Waals surface area (Å²) in [6.07, 6.45) is 11.7. The van der Waals surface area contributed by atoms with Gasteiger partial charge in [-0.2, -0.15) is 0 Å². The quantitative estimate of drug-likeness (QED) is 0.284. The molecule has 3 fully saturated rings. The highest BCUT2D eigenvalue weighted by molar-refractivity contribution is 6.70. The lowest BCUT2D eigenvalue weighted by atomic mass is 9.47. The number of hydrogen-bond acceptors (Lipinski definition) is 3. The standard InChI is InChI=1S/C29H48O3Si2/c1-11-24(31-33(5,6)7)26-19(2)16-23-22-13-12-20-17-21(30)14-15-28(20,3)27(22)25(18-29(23,26)4)32-34(8,9)10/h14-15,17,19,22-23,25,27H,11-13,16,18H2,1-10H3/b26-24+/t19-,22+,23+,25+,27-,28+,29+/m1/s1. The van der Waals surface area contributed by atoms with Gasteiger partial charge in [0.25, 0.3) is 0 Å². The predicted octanol–water partition coefficient (Wildman–Crippen LogP) is 7.89. The summed E-state index contributed by atoms with van der Waals surface area (Å²) in [6.45, 7) is 23.6. The molecule has 0 unspecified atom stereocenters. The van der Waals surface area contributed by atoms with Crippen molar-refractivity contribution < 1.29 is 13.6 Å². The third kappa shape index (κ3) is 4.50. The highest BCUT2D eigenvalue weighted by Gasteiger charge is 2.63. The van der Waals surface area contributed by atoms with E-state index >= 15 is 0 Å². The van der Waals surface area contributed by atoms with E-state index in [1.54, 1.807) is 5.57 Å². The number of hydrogen-bond donors (Lipinski definition) is 0. The zero-order valence-electron chi connectivity index (χ0n) is 23.4. The van der Waals surface area contributed by atoms with E-state index in [0.29, 0.717) is 23.7 Å². The summed E-state index contributed by atoms with van der Waals surface area (Å²) in [7, 11) is -3.45. The van der Waals surface area contributed by atoms with E-state index < -0.39 is 16.6 Å². The highest BCUT2D eigenvalue weighted by Crippen LogP contribution is 2.68. The summed E-state index contributed by atoms with van der Waals surface area (Å²) in [5.74, 6) is 3.71. The molecule has 7 atom stereocenters. The number of carbonyl (C=O) groups excluding carboxylic acids is 1. The third-order valence-corrected chi connectivity index (χ3v) is 11.0. The summed E-state index contributed by atoms with van der Waals surface area (Å²) in [5, 5.41) is 0. The monoisotopic (exact) mass is 500 g/mol. The lowest BCUT2D eigenvalue weighted by molar-refractivity contribution is -0.112. The van der Waals surface area contributed by atoms with Crippen LogP contribution in [0.5, 0.6) is 0 Å². The molecule has 0 spiro atoms. The van der Waals surface area contributed by atoms with Crippen LogP contribution in [0.4, 0.5) is 0 Å². The van der Waals surface area contributed by atoms with Gasteiger partial charge in [-0.15, -0.1) is 0 Å². The van der Waals surface area contributed by atoms with Crippen LogP contribution in [0.25, 0.3) is 0 Å². The molecule has 0 heterocycles. The zero-order valence-corrected chi connectivity index (χ0v) is 25.4. The SMILES string of the molecule is CC/C(O[Si](C)(C)C)=C1/[C@H](C)C[C@H]2[C@@H]3CCC4=CC(=O)C=C[C@]4(C)[C@H]3[C@@H](O[Si](C)(C)C)C[C@]12C. The molecular weight excluding hydrogens is 452 g/mol. The van der Waals surface area contributed by atoms with Crippen molar-refractivity contribution in [3.8, 4) is 0 Å². The van der Waals surface area contributed by atoms with E-state index in [-0.39, 0.29) is 22.7 Å². The molecule has 4 aliphatic rings. The summed E-state index contributed by atoms with van der Waals surface area (Å²) in [5.41, 5.74) is 3.00. The van der Waals surface area contributed by atoms with Gasteiger partial charge in [-0.05, 0) is 112 Å². The average molecular weight is 501 g/mol. The number of rotatable bonds is 5. The third-order valence-electron chi connectivity index (χ3n) is 9.14. The molecule has 4 aliphatic carbocycles. The Morgan fingerprint density at radius 1 is 1.12 bits per heavy atom. The number of ketones is 1. The smallest absolute Gasteiger partial charge is 0.241 e. The maximum absolute atomic E-state index is 12.3. The van der Waals surface area contributed by atoms with Crippen molar-refractivity contribution in [3.05, 3.63) is 35.1 Å². The van der Waals surface area contributed by atoms with Crippen LogP contribution in [0.2, 0.25) is 39.3 Å². The van der Waals surface area contributed by atoms with Crippen LogP contribution in [0.1, 0.15) is 59.8 Å². The van der Waals surface area contributed by atoms with Gasteiger partial charge in [0.1, 0.15) is 0 Å². The van der Waals surface area contributed by atoms with Crippen molar-refractivity contribution in [3.63, 3.8) is 0 Å². The molecular formula is C29H48O3Si2. The van der Waals surface area contributed by atoms with Gasteiger partial charge in [-0.25, -0.2) is 0 Å². The molecule has 0 aromatic heterocycles. The van der Waals surface area contributed by atoms with E-state index in [2.05, 4.69) is 73.1 Å². The molecule has 3 saturated carbocycles. The topological polar surface area (TPSA) is 35.5 Å². The molecule has 0 N–H and O–H groups in total.